The van der Waals surface area contributed by atoms with Gasteiger partial charge in [0.1, 0.15) is 23.7 Å². The molecule has 4 amide bonds. The summed E-state index contributed by atoms with van der Waals surface area (Å²) in [6.07, 6.45) is 0.432. The van der Waals surface area contributed by atoms with Gasteiger partial charge in [0, 0.05) is 36.2 Å². The predicted molar refractivity (Wildman–Crippen MR) is 218 cm³/mol. The fourth-order valence-corrected chi connectivity index (χ4v) is 9.81. The topological polar surface area (TPSA) is 186 Å². The van der Waals surface area contributed by atoms with Gasteiger partial charge >= 0.3 is 12.3 Å². The summed E-state index contributed by atoms with van der Waals surface area (Å²) in [7, 11) is -4.08. The van der Waals surface area contributed by atoms with Gasteiger partial charge in [-0.3, -0.25) is 19.1 Å². The maximum absolute atomic E-state index is 14.9. The number of benzene rings is 1. The molecule has 2 aromatic rings. The van der Waals surface area contributed by atoms with Crippen molar-refractivity contribution in [1.82, 2.24) is 25.2 Å². The van der Waals surface area contributed by atoms with Crippen molar-refractivity contribution in [2.45, 2.75) is 120 Å². The molecule has 0 radical (unpaired) electrons. The largest absolute Gasteiger partial charge is 0.472 e. The minimum absolute atomic E-state index is 0.0359. The number of fused-ring (bicyclic) bond motifs is 3. The standard InChI is InChI=1S/C42H55F3N6O9S/c1-25-10-6-7-11-27-22-41(27,37(54)49-61(56,57)40(5)14-15-40)48-34(52)31-21-28(59-35-30-13-9-8-12-29(30)32(23-46-35)50-16-18-58-19-17-50)24-51(31)36(53)33(26(2)20-25)47-38(55)60-39(3,4)42(43,44)45/h7-9,11-13,23,25-28,31,33H,6,10,14-22,24H2,1-5H3,(H,47,55)(H,48,52)(H,49,54)/b11-7-/t25-,26-,27-,28-,31+,33+,41-/m1/s1. The van der Waals surface area contributed by atoms with Crippen molar-refractivity contribution in [2.75, 3.05) is 37.7 Å². The minimum atomic E-state index is -4.91. The van der Waals surface area contributed by atoms with Crippen LogP contribution in [0.25, 0.3) is 10.8 Å². The molecule has 3 aliphatic heterocycles. The normalized spacial score (nSPS) is 30.2. The van der Waals surface area contributed by atoms with Gasteiger partial charge in [-0.1, -0.05) is 44.2 Å². The van der Waals surface area contributed by atoms with E-state index in [1.165, 1.54) is 4.90 Å². The van der Waals surface area contributed by atoms with Gasteiger partial charge in [-0.05, 0) is 77.2 Å². The Kier molecular flexibility index (Phi) is 12.1. The van der Waals surface area contributed by atoms with Gasteiger partial charge in [0.05, 0.1) is 36.4 Å². The number of aromatic nitrogens is 1. The first-order chi connectivity index (χ1) is 28.6. The highest BCUT2D eigenvalue weighted by atomic mass is 32.2. The van der Waals surface area contributed by atoms with Crippen molar-refractivity contribution in [3.63, 3.8) is 0 Å². The lowest BCUT2D eigenvalue weighted by molar-refractivity contribution is -0.244. The van der Waals surface area contributed by atoms with Gasteiger partial charge in [0.25, 0.3) is 5.91 Å². The van der Waals surface area contributed by atoms with E-state index in [-0.39, 0.29) is 31.2 Å². The number of carbonyl (C=O) groups is 4. The molecule has 1 aromatic heterocycles. The molecular weight excluding hydrogens is 822 g/mol. The van der Waals surface area contributed by atoms with E-state index in [2.05, 4.69) is 25.2 Å². The van der Waals surface area contributed by atoms with E-state index >= 15 is 0 Å². The summed E-state index contributed by atoms with van der Waals surface area (Å²) < 4.78 is 85.9. The number of rotatable bonds is 8. The molecule has 1 aromatic carbocycles. The lowest BCUT2D eigenvalue weighted by Gasteiger charge is -2.34. The summed E-state index contributed by atoms with van der Waals surface area (Å²) in [5.41, 5.74) is -3.65. The number of hydrogen-bond acceptors (Lipinski definition) is 11. The maximum Gasteiger partial charge on any atom is 0.427 e. The number of alkyl carbamates (subject to hydrolysis) is 1. The molecule has 2 saturated heterocycles. The summed E-state index contributed by atoms with van der Waals surface area (Å²) in [5, 5.41) is 6.76. The molecule has 2 saturated carbocycles. The molecular formula is C42H55F3N6O9S. The van der Waals surface area contributed by atoms with Crippen molar-refractivity contribution < 1.29 is 55.0 Å². The number of nitrogens with zero attached hydrogens (tertiary/aromatic N) is 3. The van der Waals surface area contributed by atoms with Crippen LogP contribution in [0.4, 0.5) is 23.7 Å². The number of halogens is 3. The Balaban J connectivity index is 1.22. The maximum atomic E-state index is 14.9. The van der Waals surface area contributed by atoms with Crippen molar-refractivity contribution in [1.29, 1.82) is 0 Å². The van der Waals surface area contributed by atoms with Crippen LogP contribution >= 0.6 is 0 Å². The molecule has 7 rings (SSSR count). The highest BCUT2D eigenvalue weighted by molar-refractivity contribution is 7.91. The molecule has 0 spiro atoms. The van der Waals surface area contributed by atoms with E-state index in [4.69, 9.17) is 14.2 Å². The fourth-order valence-electron chi connectivity index (χ4n) is 8.50. The third-order valence-corrected chi connectivity index (χ3v) is 15.1. The zero-order chi connectivity index (χ0) is 44.1. The van der Waals surface area contributed by atoms with Gasteiger partial charge in [0.2, 0.25) is 33.3 Å². The summed E-state index contributed by atoms with van der Waals surface area (Å²) in [4.78, 5) is 64.7. The Bertz CT molecular complexity index is 2180. The molecule has 15 nitrogen and oxygen atoms in total. The Hall–Kier alpha value is -4.65. The lowest BCUT2D eigenvalue weighted by atomic mass is 9.88. The van der Waals surface area contributed by atoms with Crippen molar-refractivity contribution in [2.24, 2.45) is 17.8 Å². The fraction of sp³-hybridized carbons (Fsp3) is 0.643. The number of alkyl halides is 3. The van der Waals surface area contributed by atoms with Crippen LogP contribution in [-0.2, 0) is 33.9 Å². The van der Waals surface area contributed by atoms with Crippen molar-refractivity contribution >= 4 is 50.3 Å². The van der Waals surface area contributed by atoms with E-state index in [0.717, 1.165) is 11.1 Å². The Labute approximate surface area is 353 Å². The number of morpholine rings is 1. The van der Waals surface area contributed by atoms with Crippen LogP contribution in [0.15, 0.2) is 42.6 Å². The number of sulfonamides is 1. The zero-order valence-corrected chi connectivity index (χ0v) is 35.9. The average Bonchev–Trinajstić information content (AvgIpc) is 4.08. The van der Waals surface area contributed by atoms with E-state index in [1.807, 2.05) is 37.3 Å². The smallest absolute Gasteiger partial charge is 0.427 e. The molecule has 0 bridgehead atoms. The third-order valence-electron chi connectivity index (χ3n) is 12.9. The summed E-state index contributed by atoms with van der Waals surface area (Å²) in [5.74, 6) is -3.40. The van der Waals surface area contributed by atoms with Gasteiger partial charge in [-0.2, -0.15) is 13.2 Å². The molecule has 7 atom stereocenters. The summed E-state index contributed by atoms with van der Waals surface area (Å²) in [6, 6.07) is 4.77. The highest BCUT2D eigenvalue weighted by Crippen LogP contribution is 2.48. The molecule has 4 fully saturated rings. The van der Waals surface area contributed by atoms with Crippen LogP contribution in [0, 0.1) is 17.8 Å². The van der Waals surface area contributed by atoms with Crippen LogP contribution in [0.1, 0.15) is 79.6 Å². The summed E-state index contributed by atoms with van der Waals surface area (Å²) >= 11 is 0. The first-order valence-corrected chi connectivity index (χ1v) is 22.4. The second kappa shape index (κ2) is 16.6. The van der Waals surface area contributed by atoms with Crippen molar-refractivity contribution in [3.05, 3.63) is 42.6 Å². The first-order valence-electron chi connectivity index (χ1n) is 20.9. The number of allylic oxidation sites excluding steroid dienone is 1. The van der Waals surface area contributed by atoms with Crippen molar-refractivity contribution in [3.8, 4) is 5.88 Å². The van der Waals surface area contributed by atoms with E-state index in [0.29, 0.717) is 77.6 Å². The van der Waals surface area contributed by atoms with Crippen LogP contribution in [-0.4, -0.2) is 115 Å². The minimum Gasteiger partial charge on any atom is -0.472 e. The third kappa shape index (κ3) is 9.13. The number of nitrogens with one attached hydrogen (secondary N) is 3. The Morgan fingerprint density at radius 1 is 1.05 bits per heavy atom. The average molecular weight is 877 g/mol. The van der Waals surface area contributed by atoms with E-state index in [9.17, 15) is 40.8 Å². The second-order valence-electron chi connectivity index (χ2n) is 18.1. The number of anilines is 1. The molecule has 19 heteroatoms. The second-order valence-corrected chi connectivity index (χ2v) is 20.3. The predicted octanol–water partition coefficient (Wildman–Crippen LogP) is 4.74. The number of amides is 4. The molecule has 61 heavy (non-hydrogen) atoms. The lowest BCUT2D eigenvalue weighted by Crippen LogP contribution is -2.59. The van der Waals surface area contributed by atoms with Gasteiger partial charge in [-0.15, -0.1) is 0 Å². The quantitative estimate of drug-likeness (QED) is 0.311. The Morgan fingerprint density at radius 3 is 2.41 bits per heavy atom. The number of pyridine rings is 1. The number of ether oxygens (including phenoxy) is 3. The molecule has 5 aliphatic rings. The molecule has 2 aliphatic carbocycles. The van der Waals surface area contributed by atoms with Crippen LogP contribution in [0.3, 0.4) is 0 Å². The van der Waals surface area contributed by atoms with Crippen LogP contribution in [0.2, 0.25) is 0 Å². The monoisotopic (exact) mass is 876 g/mol. The van der Waals surface area contributed by atoms with Crippen LogP contribution < -0.4 is 25.0 Å². The molecule has 334 valence electrons. The van der Waals surface area contributed by atoms with Gasteiger partial charge in [0.15, 0.2) is 0 Å². The first kappa shape index (κ1) is 44.4. The molecule has 3 N–H and O–H groups in total. The van der Waals surface area contributed by atoms with Crippen LogP contribution in [0.5, 0.6) is 5.88 Å². The Morgan fingerprint density at radius 2 is 1.74 bits per heavy atom. The highest BCUT2D eigenvalue weighted by Gasteiger charge is 2.63. The van der Waals surface area contributed by atoms with E-state index in [1.54, 1.807) is 26.1 Å². The van der Waals surface area contributed by atoms with E-state index < -0.39 is 85.9 Å². The molecule has 4 heterocycles. The van der Waals surface area contributed by atoms with Gasteiger partial charge < -0.3 is 34.6 Å². The zero-order valence-electron chi connectivity index (χ0n) is 35.0. The number of carbonyl (C=O) groups excluding carboxylic acids is 4. The SMILES string of the molecule is C[C@@H]1CC/C=C\[C@@H]2C[C@@]2(C(=O)NS(=O)(=O)C2(C)CC2)NC(=O)[C@@H]2C[C@@H](Oc3ncc(N4CCOCC4)c4ccccc34)CN2C(=O)[C@@H](NC(=O)OC(C)(C)C(F)(F)F)[C@H](C)C1. The van der Waals surface area contributed by atoms with Gasteiger partial charge in [-0.25, -0.2) is 18.2 Å². The number of hydrogen-bond donors (Lipinski definition) is 3. The summed E-state index contributed by atoms with van der Waals surface area (Å²) in [6.45, 7) is 8.83. The molecule has 0 unspecified atom stereocenters.